The van der Waals surface area contributed by atoms with Gasteiger partial charge in [-0.05, 0) is 41.6 Å². The van der Waals surface area contributed by atoms with Crippen LogP contribution in [-0.2, 0) is 11.3 Å². The molecule has 0 bridgehead atoms. The number of rotatable bonds is 4. The fraction of sp³-hybridized carbons (Fsp3) is 0.136. The van der Waals surface area contributed by atoms with Crippen LogP contribution in [0.2, 0.25) is 0 Å². The average Bonchev–Trinajstić information content (AvgIpc) is 3.20. The van der Waals surface area contributed by atoms with E-state index >= 15 is 0 Å². The lowest BCUT2D eigenvalue weighted by atomic mass is 10.1. The largest absolute Gasteiger partial charge is 0.478 e. The molecule has 1 aliphatic heterocycles. The van der Waals surface area contributed by atoms with Crippen molar-refractivity contribution in [3.05, 3.63) is 76.3 Å². The van der Waals surface area contributed by atoms with Crippen molar-refractivity contribution < 1.29 is 14.7 Å². The summed E-state index contributed by atoms with van der Waals surface area (Å²) in [5.74, 6) is -1.01. The molecule has 0 atom stereocenters. The quantitative estimate of drug-likeness (QED) is 0.668. The van der Waals surface area contributed by atoms with E-state index in [2.05, 4.69) is 9.56 Å². The minimum atomic E-state index is -0.941. The van der Waals surface area contributed by atoms with Crippen molar-refractivity contribution >= 4 is 45.8 Å². The van der Waals surface area contributed by atoms with Crippen molar-refractivity contribution in [2.24, 2.45) is 4.99 Å². The van der Waals surface area contributed by atoms with Crippen LogP contribution in [0.5, 0.6) is 0 Å². The van der Waals surface area contributed by atoms with Crippen LogP contribution in [0.25, 0.3) is 17.0 Å². The number of carbonyl (C=O) groups excluding carboxylic acids is 1. The zero-order valence-electron chi connectivity index (χ0n) is 16.0. The van der Waals surface area contributed by atoms with Gasteiger partial charge in [0.2, 0.25) is 0 Å². The highest BCUT2D eigenvalue weighted by atomic mass is 32.2. The van der Waals surface area contributed by atoms with Crippen LogP contribution in [0.1, 0.15) is 21.5 Å². The summed E-state index contributed by atoms with van der Waals surface area (Å²) in [6.07, 6.45) is 3.90. The number of hydrogen-bond donors (Lipinski definition) is 1. The van der Waals surface area contributed by atoms with Crippen LogP contribution < -0.4 is 0 Å². The van der Waals surface area contributed by atoms with Crippen molar-refractivity contribution in [3.8, 4) is 0 Å². The monoisotopic (exact) mass is 405 g/mol. The molecule has 0 aliphatic carbocycles. The molecule has 0 spiro atoms. The van der Waals surface area contributed by atoms with Gasteiger partial charge in [0.25, 0.3) is 5.91 Å². The number of thioether (sulfide) groups is 1. The number of aliphatic imine (C=N–C) groups is 1. The van der Waals surface area contributed by atoms with E-state index in [1.807, 2.05) is 42.6 Å². The van der Waals surface area contributed by atoms with Crippen LogP contribution >= 0.6 is 11.8 Å². The standard InChI is InChI=1S/C22H19N3O3S/c1-23-22-24(2)20(26)19(29-22)11-16-13-25(18-9-4-3-8-17(16)18)12-14-6-5-7-15(10-14)21(27)28/h3-11,13H,12H2,1-2H3,(H,27,28)/b19-11-,23-22?. The lowest BCUT2D eigenvalue weighted by Gasteiger charge is -2.06. The Labute approximate surface area is 172 Å². The molecule has 0 radical (unpaired) electrons. The summed E-state index contributed by atoms with van der Waals surface area (Å²) in [5, 5.41) is 10.9. The zero-order chi connectivity index (χ0) is 20.5. The van der Waals surface area contributed by atoms with Crippen molar-refractivity contribution in [1.82, 2.24) is 9.47 Å². The number of carbonyl (C=O) groups is 2. The number of carboxylic acids is 1. The number of fused-ring (bicyclic) bond motifs is 1. The van der Waals surface area contributed by atoms with Crippen molar-refractivity contribution in [2.45, 2.75) is 6.54 Å². The number of benzene rings is 2. The lowest BCUT2D eigenvalue weighted by molar-refractivity contribution is -0.121. The van der Waals surface area contributed by atoms with E-state index in [9.17, 15) is 14.7 Å². The first kappa shape index (κ1) is 19.0. The molecule has 7 heteroatoms. The normalized spacial score (nSPS) is 17.0. The van der Waals surface area contributed by atoms with Gasteiger partial charge in [-0.25, -0.2) is 4.79 Å². The van der Waals surface area contributed by atoms with Crippen LogP contribution in [-0.4, -0.2) is 45.7 Å². The van der Waals surface area contributed by atoms with Crippen molar-refractivity contribution in [1.29, 1.82) is 0 Å². The molecule has 6 nitrogen and oxygen atoms in total. The molecular formula is C22H19N3O3S. The Morgan fingerprint density at radius 2 is 2.00 bits per heavy atom. The molecule has 4 rings (SSSR count). The van der Waals surface area contributed by atoms with Gasteiger partial charge in [0, 0.05) is 43.3 Å². The maximum absolute atomic E-state index is 12.5. The number of amides is 1. The molecule has 2 aromatic carbocycles. The van der Waals surface area contributed by atoms with Gasteiger partial charge in [-0.3, -0.25) is 14.7 Å². The third-order valence-corrected chi connectivity index (χ3v) is 5.98. The summed E-state index contributed by atoms with van der Waals surface area (Å²) in [7, 11) is 3.39. The average molecular weight is 405 g/mol. The first-order valence-corrected chi connectivity index (χ1v) is 9.84. The van der Waals surface area contributed by atoms with Gasteiger partial charge in [0.15, 0.2) is 5.17 Å². The number of amidine groups is 1. The highest BCUT2D eigenvalue weighted by molar-refractivity contribution is 8.18. The van der Waals surface area contributed by atoms with Crippen LogP contribution in [0, 0.1) is 0 Å². The molecule has 29 heavy (non-hydrogen) atoms. The number of aromatic nitrogens is 1. The molecule has 3 aromatic rings. The Bertz CT molecular complexity index is 1190. The molecule has 0 unspecified atom stereocenters. The number of carboxylic acid groups (broad SMARTS) is 1. The maximum atomic E-state index is 12.5. The first-order chi connectivity index (χ1) is 14.0. The number of hydrogen-bond acceptors (Lipinski definition) is 4. The van der Waals surface area contributed by atoms with Crippen molar-refractivity contribution in [3.63, 3.8) is 0 Å². The first-order valence-electron chi connectivity index (χ1n) is 9.02. The zero-order valence-corrected chi connectivity index (χ0v) is 16.8. The van der Waals surface area contributed by atoms with Gasteiger partial charge >= 0.3 is 5.97 Å². The van der Waals surface area contributed by atoms with Crippen LogP contribution in [0.4, 0.5) is 0 Å². The smallest absolute Gasteiger partial charge is 0.335 e. The SMILES string of the molecule is CN=C1S/C(=C\c2cn(Cc3cccc(C(=O)O)c3)c3ccccc23)C(=O)N1C. The van der Waals surface area contributed by atoms with Gasteiger partial charge in [-0.1, -0.05) is 30.3 Å². The second kappa shape index (κ2) is 7.60. The second-order valence-electron chi connectivity index (χ2n) is 6.72. The van der Waals surface area contributed by atoms with Crippen molar-refractivity contribution in [2.75, 3.05) is 14.1 Å². The topological polar surface area (TPSA) is 74.9 Å². The van der Waals surface area contributed by atoms with E-state index in [-0.39, 0.29) is 11.5 Å². The van der Waals surface area contributed by atoms with E-state index in [1.54, 1.807) is 37.2 Å². The van der Waals surface area contributed by atoms with Gasteiger partial charge in [-0.2, -0.15) is 0 Å². The molecule has 1 N–H and O–H groups in total. The second-order valence-corrected chi connectivity index (χ2v) is 7.73. The Kier molecular flexibility index (Phi) is 4.98. The van der Waals surface area contributed by atoms with E-state index in [4.69, 9.17) is 0 Å². The van der Waals surface area contributed by atoms with Gasteiger partial charge in [0.05, 0.1) is 10.5 Å². The Morgan fingerprint density at radius 1 is 1.21 bits per heavy atom. The fourth-order valence-electron chi connectivity index (χ4n) is 3.41. The summed E-state index contributed by atoms with van der Waals surface area (Å²) in [4.78, 5) is 30.1. The number of nitrogens with zero attached hydrogens (tertiary/aromatic N) is 3. The third-order valence-electron chi connectivity index (χ3n) is 4.83. The molecule has 1 fully saturated rings. The highest BCUT2D eigenvalue weighted by Crippen LogP contribution is 2.33. The lowest BCUT2D eigenvalue weighted by Crippen LogP contribution is -2.23. The summed E-state index contributed by atoms with van der Waals surface area (Å²) >= 11 is 1.36. The number of likely N-dealkylation sites (N-methyl/N-ethyl adjacent to an activating group) is 1. The summed E-state index contributed by atoms with van der Waals surface area (Å²) < 4.78 is 2.07. The summed E-state index contributed by atoms with van der Waals surface area (Å²) in [5.41, 5.74) is 3.13. The molecule has 2 heterocycles. The van der Waals surface area contributed by atoms with E-state index < -0.39 is 5.97 Å². The number of aromatic carboxylic acids is 1. The number of para-hydroxylation sites is 1. The van der Waals surface area contributed by atoms with Crippen LogP contribution in [0.15, 0.2) is 64.6 Å². The third kappa shape index (κ3) is 3.56. The van der Waals surface area contributed by atoms with Gasteiger partial charge < -0.3 is 9.67 Å². The Morgan fingerprint density at radius 3 is 2.72 bits per heavy atom. The molecular weight excluding hydrogens is 386 g/mol. The van der Waals surface area contributed by atoms with E-state index in [0.29, 0.717) is 16.6 Å². The van der Waals surface area contributed by atoms with E-state index in [1.165, 1.54) is 11.8 Å². The Hall–Kier alpha value is -3.32. The highest BCUT2D eigenvalue weighted by Gasteiger charge is 2.30. The fourth-order valence-corrected chi connectivity index (χ4v) is 4.33. The molecule has 1 aromatic heterocycles. The predicted octanol–water partition coefficient (Wildman–Crippen LogP) is 3.92. The van der Waals surface area contributed by atoms with Gasteiger partial charge in [0.1, 0.15) is 0 Å². The molecule has 1 aliphatic rings. The van der Waals surface area contributed by atoms with Gasteiger partial charge in [-0.15, -0.1) is 0 Å². The minimum absolute atomic E-state index is 0.0680. The molecule has 146 valence electrons. The van der Waals surface area contributed by atoms with E-state index in [0.717, 1.165) is 22.0 Å². The predicted molar refractivity (Wildman–Crippen MR) is 116 cm³/mol. The molecule has 0 saturated carbocycles. The Balaban J connectivity index is 1.75. The minimum Gasteiger partial charge on any atom is -0.478 e. The maximum Gasteiger partial charge on any atom is 0.335 e. The summed E-state index contributed by atoms with van der Waals surface area (Å²) in [6, 6.07) is 14.9. The van der Waals surface area contributed by atoms with Crippen LogP contribution in [0.3, 0.4) is 0 Å². The summed E-state index contributed by atoms with van der Waals surface area (Å²) in [6.45, 7) is 0.535. The molecule has 1 amide bonds. The molecule has 1 saturated heterocycles.